The SMILES string of the molecule is CCCc1nccn1CCNCc1ccco1. The molecule has 0 aliphatic carbocycles. The Morgan fingerprint density at radius 3 is 3.18 bits per heavy atom. The molecule has 0 atom stereocenters. The number of rotatable bonds is 7. The van der Waals surface area contributed by atoms with E-state index in [0.717, 1.165) is 38.2 Å². The molecule has 17 heavy (non-hydrogen) atoms. The first-order valence-electron chi connectivity index (χ1n) is 6.13. The summed E-state index contributed by atoms with van der Waals surface area (Å²) in [4.78, 5) is 4.35. The Kier molecular flexibility index (Phi) is 4.38. The largest absolute Gasteiger partial charge is 0.468 e. The van der Waals surface area contributed by atoms with Crippen molar-refractivity contribution in [2.24, 2.45) is 0 Å². The highest BCUT2D eigenvalue weighted by molar-refractivity contribution is 4.97. The molecule has 0 unspecified atom stereocenters. The quantitative estimate of drug-likeness (QED) is 0.746. The minimum Gasteiger partial charge on any atom is -0.468 e. The lowest BCUT2D eigenvalue weighted by atomic mass is 10.3. The molecule has 0 aromatic carbocycles. The molecule has 0 saturated heterocycles. The molecule has 2 aromatic heterocycles. The van der Waals surface area contributed by atoms with Gasteiger partial charge in [0.2, 0.25) is 0 Å². The number of nitrogens with one attached hydrogen (secondary N) is 1. The van der Waals surface area contributed by atoms with Gasteiger partial charge in [-0.25, -0.2) is 4.98 Å². The van der Waals surface area contributed by atoms with Crippen molar-refractivity contribution in [1.82, 2.24) is 14.9 Å². The van der Waals surface area contributed by atoms with Crippen LogP contribution in [0.2, 0.25) is 0 Å². The Balaban J connectivity index is 1.72. The van der Waals surface area contributed by atoms with E-state index in [1.165, 1.54) is 5.82 Å². The topological polar surface area (TPSA) is 43.0 Å². The molecule has 0 aliphatic rings. The van der Waals surface area contributed by atoms with Crippen molar-refractivity contribution in [2.45, 2.75) is 32.9 Å². The molecule has 0 radical (unpaired) electrons. The maximum atomic E-state index is 5.25. The molecule has 92 valence electrons. The Labute approximate surface area is 102 Å². The summed E-state index contributed by atoms with van der Waals surface area (Å²) in [6, 6.07) is 3.89. The van der Waals surface area contributed by atoms with E-state index in [-0.39, 0.29) is 0 Å². The number of imidazole rings is 1. The third-order valence-corrected chi connectivity index (χ3v) is 2.68. The van der Waals surface area contributed by atoms with E-state index >= 15 is 0 Å². The van der Waals surface area contributed by atoms with E-state index in [4.69, 9.17) is 4.42 Å². The van der Waals surface area contributed by atoms with Crippen molar-refractivity contribution >= 4 is 0 Å². The molecular formula is C13H19N3O. The number of aromatic nitrogens is 2. The molecule has 0 saturated carbocycles. The van der Waals surface area contributed by atoms with E-state index in [1.54, 1.807) is 6.26 Å². The molecule has 2 heterocycles. The second-order valence-corrected chi connectivity index (χ2v) is 4.04. The second-order valence-electron chi connectivity index (χ2n) is 4.04. The van der Waals surface area contributed by atoms with Crippen LogP contribution in [-0.4, -0.2) is 16.1 Å². The van der Waals surface area contributed by atoms with Crippen molar-refractivity contribution in [3.05, 3.63) is 42.4 Å². The summed E-state index contributed by atoms with van der Waals surface area (Å²) in [6.07, 6.45) is 7.80. The first kappa shape index (κ1) is 11.9. The highest BCUT2D eigenvalue weighted by atomic mass is 16.3. The monoisotopic (exact) mass is 233 g/mol. The first-order chi connectivity index (χ1) is 8.40. The lowest BCUT2D eigenvalue weighted by molar-refractivity contribution is 0.474. The van der Waals surface area contributed by atoms with E-state index in [1.807, 2.05) is 24.5 Å². The van der Waals surface area contributed by atoms with E-state index < -0.39 is 0 Å². The predicted molar refractivity (Wildman–Crippen MR) is 66.6 cm³/mol. The van der Waals surface area contributed by atoms with Crippen LogP contribution < -0.4 is 5.32 Å². The molecule has 0 fully saturated rings. The van der Waals surface area contributed by atoms with Gasteiger partial charge in [0.1, 0.15) is 11.6 Å². The summed E-state index contributed by atoms with van der Waals surface area (Å²) in [5, 5.41) is 3.35. The zero-order valence-corrected chi connectivity index (χ0v) is 10.2. The third-order valence-electron chi connectivity index (χ3n) is 2.68. The minimum atomic E-state index is 0.783. The highest BCUT2D eigenvalue weighted by Crippen LogP contribution is 2.01. The normalized spacial score (nSPS) is 10.9. The number of aryl methyl sites for hydroxylation is 1. The van der Waals surface area contributed by atoms with Crippen LogP contribution in [-0.2, 0) is 19.5 Å². The van der Waals surface area contributed by atoms with Gasteiger partial charge in [-0.2, -0.15) is 0 Å². The first-order valence-corrected chi connectivity index (χ1v) is 6.13. The van der Waals surface area contributed by atoms with E-state index in [2.05, 4.69) is 21.8 Å². The molecule has 0 amide bonds. The maximum Gasteiger partial charge on any atom is 0.117 e. The molecule has 0 bridgehead atoms. The van der Waals surface area contributed by atoms with E-state index in [9.17, 15) is 0 Å². The zero-order chi connectivity index (χ0) is 11.9. The van der Waals surface area contributed by atoms with Gasteiger partial charge in [-0.3, -0.25) is 0 Å². The fourth-order valence-electron chi connectivity index (χ4n) is 1.82. The van der Waals surface area contributed by atoms with Crippen molar-refractivity contribution in [3.63, 3.8) is 0 Å². The van der Waals surface area contributed by atoms with Gasteiger partial charge in [0.05, 0.1) is 12.8 Å². The summed E-state index contributed by atoms with van der Waals surface area (Å²) in [5.74, 6) is 2.15. The lowest BCUT2D eigenvalue weighted by Gasteiger charge is -2.07. The highest BCUT2D eigenvalue weighted by Gasteiger charge is 2.01. The van der Waals surface area contributed by atoms with Crippen molar-refractivity contribution in [3.8, 4) is 0 Å². The Morgan fingerprint density at radius 2 is 2.41 bits per heavy atom. The van der Waals surface area contributed by atoms with Gasteiger partial charge >= 0.3 is 0 Å². The fourth-order valence-corrected chi connectivity index (χ4v) is 1.82. The van der Waals surface area contributed by atoms with Crippen LogP contribution >= 0.6 is 0 Å². The zero-order valence-electron chi connectivity index (χ0n) is 10.2. The van der Waals surface area contributed by atoms with Crippen LogP contribution in [0.4, 0.5) is 0 Å². The van der Waals surface area contributed by atoms with Crippen LogP contribution in [0, 0.1) is 0 Å². The van der Waals surface area contributed by atoms with Gasteiger partial charge in [0.15, 0.2) is 0 Å². The number of hydrogen-bond donors (Lipinski definition) is 1. The Hall–Kier alpha value is -1.55. The van der Waals surface area contributed by atoms with Crippen LogP contribution in [0.5, 0.6) is 0 Å². The summed E-state index contributed by atoms with van der Waals surface area (Å²) in [5.41, 5.74) is 0. The Bertz CT molecular complexity index is 420. The van der Waals surface area contributed by atoms with Gasteiger partial charge in [-0.05, 0) is 18.6 Å². The number of nitrogens with zero attached hydrogens (tertiary/aromatic N) is 2. The Morgan fingerprint density at radius 1 is 1.47 bits per heavy atom. The van der Waals surface area contributed by atoms with Crippen molar-refractivity contribution in [2.75, 3.05) is 6.54 Å². The van der Waals surface area contributed by atoms with Gasteiger partial charge < -0.3 is 14.3 Å². The van der Waals surface area contributed by atoms with Crippen molar-refractivity contribution < 1.29 is 4.42 Å². The fraction of sp³-hybridized carbons (Fsp3) is 0.462. The van der Waals surface area contributed by atoms with Crippen LogP contribution in [0.3, 0.4) is 0 Å². The van der Waals surface area contributed by atoms with Gasteiger partial charge in [-0.15, -0.1) is 0 Å². The molecule has 2 aromatic rings. The third kappa shape index (κ3) is 3.46. The predicted octanol–water partition coefficient (Wildman–Crippen LogP) is 2.22. The molecule has 0 aliphatic heterocycles. The summed E-state index contributed by atoms with van der Waals surface area (Å²) in [6.45, 7) is 4.84. The number of hydrogen-bond acceptors (Lipinski definition) is 3. The van der Waals surface area contributed by atoms with Crippen molar-refractivity contribution in [1.29, 1.82) is 0 Å². The average molecular weight is 233 g/mol. The van der Waals surface area contributed by atoms with E-state index in [0.29, 0.717) is 0 Å². The minimum absolute atomic E-state index is 0.783. The maximum absolute atomic E-state index is 5.25. The summed E-state index contributed by atoms with van der Waals surface area (Å²) in [7, 11) is 0. The lowest BCUT2D eigenvalue weighted by Crippen LogP contribution is -2.20. The van der Waals surface area contributed by atoms with Crippen LogP contribution in [0.15, 0.2) is 35.2 Å². The van der Waals surface area contributed by atoms with Crippen LogP contribution in [0.1, 0.15) is 24.9 Å². The summed E-state index contributed by atoms with van der Waals surface area (Å²) < 4.78 is 7.46. The van der Waals surface area contributed by atoms with Gasteiger partial charge in [-0.1, -0.05) is 6.92 Å². The molecule has 4 heteroatoms. The van der Waals surface area contributed by atoms with Gasteiger partial charge in [0, 0.05) is 31.9 Å². The standard InChI is InChI=1S/C13H19N3O/c1-2-4-13-15-7-9-16(13)8-6-14-11-12-5-3-10-17-12/h3,5,7,9-10,14H,2,4,6,8,11H2,1H3. The molecule has 0 spiro atoms. The number of furan rings is 1. The molecular weight excluding hydrogens is 214 g/mol. The second kappa shape index (κ2) is 6.25. The average Bonchev–Trinajstić information content (AvgIpc) is 2.96. The van der Waals surface area contributed by atoms with Crippen LogP contribution in [0.25, 0.3) is 0 Å². The molecule has 4 nitrogen and oxygen atoms in total. The molecule has 1 N–H and O–H groups in total. The summed E-state index contributed by atoms with van der Waals surface area (Å²) >= 11 is 0. The smallest absolute Gasteiger partial charge is 0.117 e. The van der Waals surface area contributed by atoms with Gasteiger partial charge in [0.25, 0.3) is 0 Å². The molecule has 2 rings (SSSR count).